The third-order valence-corrected chi connectivity index (χ3v) is 5.14. The molecule has 10 nitrogen and oxygen atoms in total. The number of aliphatic carboxylic acids is 2. The molecule has 2 aromatic heterocycles. The molecule has 4 rings (SSSR count). The molecule has 4 aromatic rings. The standard InChI is InChI=1S/C23H20FN5O3.C2HF3O2/c24-17-5-3-16(4-6-17)19(13-21(30)31)20-9-10-27-23(28-20)32-18-7-1-15(2-8-18)14-29-12-11-26-22(29)25;3-2(4,5)1(6)7/h1-12,19H,13-14H2,(H2,25,26)(H,30,31);(H,6,7). The van der Waals surface area contributed by atoms with Crippen molar-refractivity contribution < 1.29 is 42.1 Å². The van der Waals surface area contributed by atoms with Crippen LogP contribution in [0.2, 0.25) is 0 Å². The van der Waals surface area contributed by atoms with Crippen LogP contribution in [0.5, 0.6) is 11.8 Å². The van der Waals surface area contributed by atoms with Gasteiger partial charge in [-0.25, -0.2) is 19.2 Å². The zero-order valence-electron chi connectivity index (χ0n) is 19.9. The van der Waals surface area contributed by atoms with Crippen LogP contribution in [0.15, 0.2) is 73.2 Å². The molecule has 0 radical (unpaired) electrons. The summed E-state index contributed by atoms with van der Waals surface area (Å²) in [5, 5.41) is 16.5. The zero-order valence-corrected chi connectivity index (χ0v) is 19.9. The fourth-order valence-electron chi connectivity index (χ4n) is 3.30. The number of ether oxygens (including phenoxy) is 1. The van der Waals surface area contributed by atoms with Crippen molar-refractivity contribution in [3.8, 4) is 11.8 Å². The Morgan fingerprint density at radius 2 is 1.62 bits per heavy atom. The fraction of sp³-hybridized carbons (Fsp3) is 0.160. The van der Waals surface area contributed by atoms with Gasteiger partial charge in [0.15, 0.2) is 5.95 Å². The van der Waals surface area contributed by atoms with Crippen molar-refractivity contribution in [1.29, 1.82) is 0 Å². The third kappa shape index (κ3) is 8.52. The van der Waals surface area contributed by atoms with Gasteiger partial charge in [0, 0.05) is 24.5 Å². The van der Waals surface area contributed by atoms with E-state index in [-0.39, 0.29) is 12.4 Å². The molecule has 0 amide bonds. The highest BCUT2D eigenvalue weighted by molar-refractivity contribution is 5.73. The summed E-state index contributed by atoms with van der Waals surface area (Å²) in [6, 6.07) is 14.8. The van der Waals surface area contributed by atoms with Gasteiger partial charge in [-0.2, -0.15) is 18.2 Å². The van der Waals surface area contributed by atoms with Gasteiger partial charge in [0.25, 0.3) is 0 Å². The monoisotopic (exact) mass is 547 g/mol. The highest BCUT2D eigenvalue weighted by atomic mass is 19.4. The minimum atomic E-state index is -5.08. The van der Waals surface area contributed by atoms with E-state index in [0.717, 1.165) is 5.56 Å². The predicted octanol–water partition coefficient (Wildman–Crippen LogP) is 4.47. The Kier molecular flexibility index (Phi) is 9.15. The summed E-state index contributed by atoms with van der Waals surface area (Å²) in [5.41, 5.74) is 7.91. The van der Waals surface area contributed by atoms with Gasteiger partial charge in [0.1, 0.15) is 11.6 Å². The van der Waals surface area contributed by atoms with E-state index in [4.69, 9.17) is 20.4 Å². The number of nitrogens with two attached hydrogens (primary N) is 1. The summed E-state index contributed by atoms with van der Waals surface area (Å²) in [5.74, 6) is -3.74. The maximum absolute atomic E-state index is 13.3. The lowest BCUT2D eigenvalue weighted by Crippen LogP contribution is -2.21. The number of anilines is 1. The van der Waals surface area contributed by atoms with Crippen LogP contribution in [0.1, 0.15) is 29.2 Å². The summed E-state index contributed by atoms with van der Waals surface area (Å²) in [6.07, 6.45) is -0.338. The second-order valence-corrected chi connectivity index (χ2v) is 7.93. The van der Waals surface area contributed by atoms with E-state index in [1.54, 1.807) is 42.7 Å². The molecule has 0 aliphatic carbocycles. The van der Waals surface area contributed by atoms with Crippen LogP contribution in [-0.4, -0.2) is 47.8 Å². The van der Waals surface area contributed by atoms with Crippen molar-refractivity contribution >= 4 is 17.9 Å². The van der Waals surface area contributed by atoms with Gasteiger partial charge >= 0.3 is 24.1 Å². The SMILES string of the molecule is Nc1nccn1Cc1ccc(Oc2nccc(C(CC(=O)O)c3ccc(F)cc3)n2)cc1.O=C(O)C(F)(F)F. The number of halogens is 4. The zero-order chi connectivity index (χ0) is 28.6. The molecule has 0 saturated heterocycles. The van der Waals surface area contributed by atoms with Crippen molar-refractivity contribution in [1.82, 2.24) is 19.5 Å². The minimum Gasteiger partial charge on any atom is -0.481 e. The summed E-state index contributed by atoms with van der Waals surface area (Å²) in [7, 11) is 0. The number of carboxylic acids is 2. The van der Waals surface area contributed by atoms with Crippen LogP contribution in [0.4, 0.5) is 23.5 Å². The fourth-order valence-corrected chi connectivity index (χ4v) is 3.30. The number of alkyl halides is 3. The van der Waals surface area contributed by atoms with Gasteiger partial charge in [-0.05, 0) is 41.5 Å². The highest BCUT2D eigenvalue weighted by Crippen LogP contribution is 2.28. The van der Waals surface area contributed by atoms with Crippen LogP contribution in [-0.2, 0) is 16.1 Å². The van der Waals surface area contributed by atoms with Crippen LogP contribution >= 0.6 is 0 Å². The summed E-state index contributed by atoms with van der Waals surface area (Å²) in [6.45, 7) is 0.576. The van der Waals surface area contributed by atoms with E-state index in [1.807, 2.05) is 16.7 Å². The number of nitrogens with zero attached hydrogens (tertiary/aromatic N) is 4. The second kappa shape index (κ2) is 12.5. The molecule has 0 aliphatic rings. The first-order chi connectivity index (χ1) is 18.4. The molecule has 1 atom stereocenters. The Morgan fingerprint density at radius 3 is 2.15 bits per heavy atom. The molecule has 204 valence electrons. The average Bonchev–Trinajstić information content (AvgIpc) is 3.28. The minimum absolute atomic E-state index is 0.0894. The molecule has 1 unspecified atom stereocenters. The van der Waals surface area contributed by atoms with Crippen molar-refractivity contribution in [3.63, 3.8) is 0 Å². The number of rotatable bonds is 8. The van der Waals surface area contributed by atoms with E-state index in [1.165, 1.54) is 18.3 Å². The summed E-state index contributed by atoms with van der Waals surface area (Å²) < 4.78 is 52.6. The maximum atomic E-state index is 13.3. The van der Waals surface area contributed by atoms with Gasteiger partial charge in [0.2, 0.25) is 0 Å². The Balaban J connectivity index is 0.000000532. The number of aromatic nitrogens is 4. The maximum Gasteiger partial charge on any atom is 0.490 e. The Morgan fingerprint density at radius 1 is 0.974 bits per heavy atom. The van der Waals surface area contributed by atoms with Crippen LogP contribution in [0.25, 0.3) is 0 Å². The third-order valence-electron chi connectivity index (χ3n) is 5.14. The normalized spacial score (nSPS) is 11.7. The lowest BCUT2D eigenvalue weighted by Gasteiger charge is -2.15. The average molecular weight is 547 g/mol. The van der Waals surface area contributed by atoms with E-state index in [9.17, 15) is 27.5 Å². The highest BCUT2D eigenvalue weighted by Gasteiger charge is 2.38. The molecular weight excluding hydrogens is 526 g/mol. The van der Waals surface area contributed by atoms with Crippen molar-refractivity contribution in [2.45, 2.75) is 25.1 Å². The first kappa shape index (κ1) is 28.6. The lowest BCUT2D eigenvalue weighted by molar-refractivity contribution is -0.192. The molecule has 39 heavy (non-hydrogen) atoms. The molecule has 0 spiro atoms. The summed E-state index contributed by atoms with van der Waals surface area (Å²) >= 11 is 0. The van der Waals surface area contributed by atoms with Crippen LogP contribution in [0.3, 0.4) is 0 Å². The number of imidazole rings is 1. The molecule has 0 saturated carbocycles. The first-order valence-electron chi connectivity index (χ1n) is 11.1. The molecule has 14 heteroatoms. The summed E-state index contributed by atoms with van der Waals surface area (Å²) in [4.78, 5) is 32.8. The number of nitrogen functional groups attached to an aromatic ring is 1. The molecule has 4 N–H and O–H groups in total. The molecule has 0 fully saturated rings. The van der Waals surface area contributed by atoms with Crippen molar-refractivity contribution in [3.05, 3.63) is 95.8 Å². The largest absolute Gasteiger partial charge is 0.490 e. The number of benzene rings is 2. The molecule has 0 aliphatic heterocycles. The molecular formula is C25H21F4N5O5. The van der Waals surface area contributed by atoms with Crippen LogP contribution in [0, 0.1) is 5.82 Å². The topological polar surface area (TPSA) is 153 Å². The number of hydrogen-bond acceptors (Lipinski definition) is 7. The van der Waals surface area contributed by atoms with Crippen molar-refractivity contribution in [2.75, 3.05) is 5.73 Å². The smallest absolute Gasteiger partial charge is 0.481 e. The number of carbonyl (C=O) groups is 2. The lowest BCUT2D eigenvalue weighted by atomic mass is 9.92. The van der Waals surface area contributed by atoms with Gasteiger partial charge in [0.05, 0.1) is 18.7 Å². The Bertz CT molecular complexity index is 1410. The van der Waals surface area contributed by atoms with Crippen LogP contribution < -0.4 is 10.5 Å². The van der Waals surface area contributed by atoms with E-state index < -0.39 is 29.9 Å². The number of carboxylic acid groups (broad SMARTS) is 2. The molecule has 2 heterocycles. The predicted molar refractivity (Wildman–Crippen MR) is 128 cm³/mol. The van der Waals surface area contributed by atoms with Gasteiger partial charge in [-0.3, -0.25) is 4.79 Å². The quantitative estimate of drug-likeness (QED) is 0.271. The molecule has 0 bridgehead atoms. The van der Waals surface area contributed by atoms with Gasteiger partial charge in [-0.1, -0.05) is 24.3 Å². The molecule has 2 aromatic carbocycles. The Hall–Kier alpha value is -5.01. The van der Waals surface area contributed by atoms with E-state index in [0.29, 0.717) is 29.5 Å². The van der Waals surface area contributed by atoms with Gasteiger partial charge < -0.3 is 25.3 Å². The second-order valence-electron chi connectivity index (χ2n) is 7.93. The van der Waals surface area contributed by atoms with E-state index >= 15 is 0 Å². The Labute approximate surface area is 218 Å². The van der Waals surface area contributed by atoms with Crippen molar-refractivity contribution in [2.24, 2.45) is 0 Å². The van der Waals surface area contributed by atoms with Gasteiger partial charge in [-0.15, -0.1) is 0 Å². The first-order valence-corrected chi connectivity index (χ1v) is 11.1. The number of hydrogen-bond donors (Lipinski definition) is 3. The van der Waals surface area contributed by atoms with E-state index in [2.05, 4.69) is 15.0 Å².